The Labute approximate surface area is 115 Å². The number of aryl methyl sites for hydroxylation is 1. The summed E-state index contributed by atoms with van der Waals surface area (Å²) in [6, 6.07) is 5.69. The normalized spacial score (nSPS) is 11.2. The second-order valence-corrected chi connectivity index (χ2v) is 5.44. The van der Waals surface area contributed by atoms with E-state index in [1.165, 1.54) is 0 Å². The smallest absolute Gasteiger partial charge is 0.255 e. The lowest BCUT2D eigenvalue weighted by Crippen LogP contribution is -2.38. The summed E-state index contributed by atoms with van der Waals surface area (Å²) in [4.78, 5) is 12.2. The maximum absolute atomic E-state index is 12.2. The Morgan fingerprint density at radius 1 is 1.42 bits per heavy atom. The number of methoxy groups -OCH3 is 1. The van der Waals surface area contributed by atoms with Crippen LogP contribution in [0.2, 0.25) is 0 Å². The lowest BCUT2D eigenvalue weighted by molar-refractivity contribution is 0.0935. The van der Waals surface area contributed by atoms with Crippen molar-refractivity contribution < 1.29 is 9.53 Å². The molecule has 1 aromatic rings. The van der Waals surface area contributed by atoms with Crippen LogP contribution in [0.25, 0.3) is 0 Å². The highest BCUT2D eigenvalue weighted by atomic mass is 16.5. The van der Waals surface area contributed by atoms with Crippen LogP contribution in [-0.4, -0.2) is 26.1 Å². The molecular weight excluding hydrogens is 240 g/mol. The van der Waals surface area contributed by atoms with E-state index >= 15 is 0 Å². The first-order valence-electron chi connectivity index (χ1n) is 6.58. The number of rotatable bonds is 6. The number of nitrogens with one attached hydrogen (secondary N) is 1. The molecule has 106 valence electrons. The molecule has 0 atom stereocenters. The minimum Gasteiger partial charge on any atom is -0.496 e. The fourth-order valence-corrected chi connectivity index (χ4v) is 1.64. The van der Waals surface area contributed by atoms with Crippen molar-refractivity contribution in [2.75, 3.05) is 20.2 Å². The van der Waals surface area contributed by atoms with Gasteiger partial charge >= 0.3 is 0 Å². The molecule has 0 aliphatic rings. The molecule has 0 heterocycles. The topological polar surface area (TPSA) is 64.3 Å². The molecule has 0 saturated heterocycles. The van der Waals surface area contributed by atoms with Gasteiger partial charge in [-0.3, -0.25) is 4.79 Å². The number of amides is 1. The van der Waals surface area contributed by atoms with Gasteiger partial charge in [-0.1, -0.05) is 26.8 Å². The molecule has 0 unspecified atom stereocenters. The molecule has 0 fully saturated rings. The molecule has 0 radical (unpaired) electrons. The molecule has 1 amide bonds. The molecule has 0 bridgehead atoms. The molecule has 3 N–H and O–H groups in total. The number of hydrogen-bond donors (Lipinski definition) is 2. The summed E-state index contributed by atoms with van der Waals surface area (Å²) in [6.45, 7) is 7.17. The highest BCUT2D eigenvalue weighted by Crippen LogP contribution is 2.20. The van der Waals surface area contributed by atoms with Crippen molar-refractivity contribution in [1.82, 2.24) is 5.32 Å². The van der Waals surface area contributed by atoms with Crippen LogP contribution in [-0.2, 0) is 6.42 Å². The quantitative estimate of drug-likeness (QED) is 0.825. The second kappa shape index (κ2) is 6.57. The van der Waals surface area contributed by atoms with E-state index in [2.05, 4.69) is 12.2 Å². The fourth-order valence-electron chi connectivity index (χ4n) is 1.64. The Balaban J connectivity index is 2.86. The number of nitrogens with two attached hydrogens (primary N) is 1. The third-order valence-electron chi connectivity index (χ3n) is 3.20. The SMILES string of the molecule is CCc1ccc(OC)c(C(=O)NCC(C)(C)CN)c1. The molecule has 1 rings (SSSR count). The molecule has 1 aromatic carbocycles. The third kappa shape index (κ3) is 4.24. The predicted octanol–water partition coefficient (Wildman–Crippen LogP) is 1.97. The Morgan fingerprint density at radius 2 is 2.11 bits per heavy atom. The van der Waals surface area contributed by atoms with Crippen LogP contribution in [0, 0.1) is 5.41 Å². The van der Waals surface area contributed by atoms with Gasteiger partial charge in [0.15, 0.2) is 0 Å². The minimum atomic E-state index is -0.117. The van der Waals surface area contributed by atoms with Crippen LogP contribution in [0.5, 0.6) is 5.75 Å². The third-order valence-corrected chi connectivity index (χ3v) is 3.20. The van der Waals surface area contributed by atoms with E-state index in [4.69, 9.17) is 10.5 Å². The lowest BCUT2D eigenvalue weighted by Gasteiger charge is -2.23. The highest BCUT2D eigenvalue weighted by Gasteiger charge is 2.19. The monoisotopic (exact) mass is 264 g/mol. The van der Waals surface area contributed by atoms with Gasteiger partial charge in [0, 0.05) is 6.54 Å². The number of benzene rings is 1. The first-order chi connectivity index (χ1) is 8.93. The summed E-state index contributed by atoms with van der Waals surface area (Å²) < 4.78 is 5.24. The van der Waals surface area contributed by atoms with Gasteiger partial charge in [0.25, 0.3) is 5.91 Å². The maximum Gasteiger partial charge on any atom is 0.255 e. The van der Waals surface area contributed by atoms with E-state index in [1.807, 2.05) is 32.0 Å². The fraction of sp³-hybridized carbons (Fsp3) is 0.533. The van der Waals surface area contributed by atoms with Crippen LogP contribution in [0.15, 0.2) is 18.2 Å². The van der Waals surface area contributed by atoms with Crippen molar-refractivity contribution in [3.63, 3.8) is 0 Å². The standard InChI is InChI=1S/C15H24N2O2/c1-5-11-6-7-13(19-4)12(8-11)14(18)17-10-15(2,3)9-16/h6-8H,5,9-10,16H2,1-4H3,(H,17,18). The zero-order valence-electron chi connectivity index (χ0n) is 12.2. The number of hydrogen-bond acceptors (Lipinski definition) is 3. The lowest BCUT2D eigenvalue weighted by atomic mass is 9.94. The summed E-state index contributed by atoms with van der Waals surface area (Å²) in [5.41, 5.74) is 7.24. The second-order valence-electron chi connectivity index (χ2n) is 5.44. The van der Waals surface area contributed by atoms with Crippen molar-refractivity contribution >= 4 is 5.91 Å². The van der Waals surface area contributed by atoms with Crippen LogP contribution in [0.4, 0.5) is 0 Å². The summed E-state index contributed by atoms with van der Waals surface area (Å²) in [6.07, 6.45) is 0.887. The van der Waals surface area contributed by atoms with Gasteiger partial charge in [-0.2, -0.15) is 0 Å². The van der Waals surface area contributed by atoms with Crippen molar-refractivity contribution in [2.45, 2.75) is 27.2 Å². The van der Waals surface area contributed by atoms with E-state index in [1.54, 1.807) is 7.11 Å². The number of carbonyl (C=O) groups is 1. The van der Waals surface area contributed by atoms with E-state index in [0.29, 0.717) is 24.4 Å². The van der Waals surface area contributed by atoms with Crippen LogP contribution in [0.1, 0.15) is 36.7 Å². The Morgan fingerprint density at radius 3 is 2.63 bits per heavy atom. The van der Waals surface area contributed by atoms with Gasteiger partial charge in [0.2, 0.25) is 0 Å². The zero-order valence-corrected chi connectivity index (χ0v) is 12.2. The maximum atomic E-state index is 12.2. The van der Waals surface area contributed by atoms with Gasteiger partial charge < -0.3 is 15.8 Å². The largest absolute Gasteiger partial charge is 0.496 e. The molecule has 19 heavy (non-hydrogen) atoms. The van der Waals surface area contributed by atoms with E-state index in [9.17, 15) is 4.79 Å². The molecule has 0 aromatic heterocycles. The highest BCUT2D eigenvalue weighted by molar-refractivity contribution is 5.97. The molecule has 0 aliphatic heterocycles. The first kappa shape index (κ1) is 15.5. The Kier molecular flexibility index (Phi) is 5.36. The van der Waals surface area contributed by atoms with Gasteiger partial charge in [0.05, 0.1) is 12.7 Å². The van der Waals surface area contributed by atoms with E-state index < -0.39 is 0 Å². The summed E-state index contributed by atoms with van der Waals surface area (Å²) in [5, 5.41) is 2.92. The summed E-state index contributed by atoms with van der Waals surface area (Å²) in [5.74, 6) is 0.480. The molecule has 4 nitrogen and oxygen atoms in total. The van der Waals surface area contributed by atoms with Gasteiger partial charge in [-0.05, 0) is 36.1 Å². The van der Waals surface area contributed by atoms with Gasteiger partial charge in [-0.15, -0.1) is 0 Å². The van der Waals surface area contributed by atoms with Crippen molar-refractivity contribution in [3.05, 3.63) is 29.3 Å². The van der Waals surface area contributed by atoms with E-state index in [-0.39, 0.29) is 11.3 Å². The average Bonchev–Trinajstić information content (AvgIpc) is 2.44. The Hall–Kier alpha value is -1.55. The van der Waals surface area contributed by atoms with Crippen molar-refractivity contribution in [2.24, 2.45) is 11.1 Å². The van der Waals surface area contributed by atoms with Gasteiger partial charge in [-0.25, -0.2) is 0 Å². The van der Waals surface area contributed by atoms with Crippen LogP contribution in [0.3, 0.4) is 0 Å². The molecule has 0 spiro atoms. The van der Waals surface area contributed by atoms with Crippen LogP contribution < -0.4 is 15.8 Å². The number of carbonyl (C=O) groups excluding carboxylic acids is 1. The van der Waals surface area contributed by atoms with Gasteiger partial charge in [0.1, 0.15) is 5.75 Å². The zero-order chi connectivity index (χ0) is 14.5. The molecule has 0 aliphatic carbocycles. The summed E-state index contributed by atoms with van der Waals surface area (Å²) in [7, 11) is 1.57. The van der Waals surface area contributed by atoms with E-state index in [0.717, 1.165) is 12.0 Å². The van der Waals surface area contributed by atoms with Crippen molar-refractivity contribution in [1.29, 1.82) is 0 Å². The molecule has 0 saturated carbocycles. The van der Waals surface area contributed by atoms with Crippen LogP contribution >= 0.6 is 0 Å². The molecular formula is C15H24N2O2. The number of ether oxygens (including phenoxy) is 1. The summed E-state index contributed by atoms with van der Waals surface area (Å²) >= 11 is 0. The first-order valence-corrected chi connectivity index (χ1v) is 6.58. The molecule has 4 heteroatoms. The predicted molar refractivity (Wildman–Crippen MR) is 77.5 cm³/mol. The minimum absolute atomic E-state index is 0.106. The van der Waals surface area contributed by atoms with Crippen molar-refractivity contribution in [3.8, 4) is 5.75 Å². The Bertz CT molecular complexity index is 442. The average molecular weight is 264 g/mol.